The lowest BCUT2D eigenvalue weighted by atomic mass is 10.2. The fourth-order valence-corrected chi connectivity index (χ4v) is 3.82. The molecule has 0 bridgehead atoms. The number of aromatic nitrogens is 2. The van der Waals surface area contributed by atoms with E-state index >= 15 is 0 Å². The number of nitrogens with one attached hydrogen (secondary N) is 1. The Morgan fingerprint density at radius 1 is 1.32 bits per heavy atom. The average molecular weight is 376 g/mol. The second-order valence-electron chi connectivity index (χ2n) is 5.79. The zero-order valence-electron chi connectivity index (χ0n) is 14.0. The minimum atomic E-state index is -0.197. The summed E-state index contributed by atoms with van der Waals surface area (Å²) in [7, 11) is 0. The molecule has 0 atom stereocenters. The number of hydrogen-bond donors (Lipinski definition) is 1. The maximum Gasteiger partial charge on any atom is 0.262 e. The van der Waals surface area contributed by atoms with E-state index in [4.69, 9.17) is 11.6 Å². The summed E-state index contributed by atoms with van der Waals surface area (Å²) < 4.78 is 1.59. The van der Waals surface area contributed by atoms with Gasteiger partial charge in [0.2, 0.25) is 0 Å². The van der Waals surface area contributed by atoms with Crippen LogP contribution in [-0.4, -0.2) is 15.5 Å². The van der Waals surface area contributed by atoms with Gasteiger partial charge < -0.3 is 5.32 Å². The predicted octanol–water partition coefficient (Wildman–Crippen LogP) is 3.76. The summed E-state index contributed by atoms with van der Waals surface area (Å²) in [6, 6.07) is 7.30. The third-order valence-electron chi connectivity index (χ3n) is 3.95. The van der Waals surface area contributed by atoms with Crippen molar-refractivity contribution in [2.24, 2.45) is 0 Å². The maximum atomic E-state index is 12.6. The molecule has 130 valence electrons. The lowest BCUT2D eigenvalue weighted by molar-refractivity contribution is 0.0954. The molecule has 3 aromatic rings. The van der Waals surface area contributed by atoms with Crippen molar-refractivity contribution in [2.45, 2.75) is 33.4 Å². The van der Waals surface area contributed by atoms with Crippen LogP contribution in [0.1, 0.15) is 34.1 Å². The lowest BCUT2D eigenvalue weighted by Gasteiger charge is -2.05. The molecular formula is C18H18ClN3O2S. The molecule has 0 aliphatic rings. The summed E-state index contributed by atoms with van der Waals surface area (Å²) in [6.07, 6.45) is 2.41. The molecule has 0 aliphatic heterocycles. The number of hydrogen-bond acceptors (Lipinski definition) is 4. The summed E-state index contributed by atoms with van der Waals surface area (Å²) >= 11 is 7.11. The molecular weight excluding hydrogens is 358 g/mol. The number of aryl methyl sites for hydroxylation is 2. The maximum absolute atomic E-state index is 12.6. The highest BCUT2D eigenvalue weighted by Gasteiger charge is 2.19. The van der Waals surface area contributed by atoms with Crippen LogP contribution in [0.5, 0.6) is 0 Å². The van der Waals surface area contributed by atoms with Gasteiger partial charge in [-0.05, 0) is 36.6 Å². The first-order valence-electron chi connectivity index (χ1n) is 8.02. The van der Waals surface area contributed by atoms with Crippen LogP contribution >= 0.6 is 22.9 Å². The third kappa shape index (κ3) is 3.60. The Morgan fingerprint density at radius 2 is 2.04 bits per heavy atom. The van der Waals surface area contributed by atoms with E-state index in [1.165, 1.54) is 11.3 Å². The van der Waals surface area contributed by atoms with Gasteiger partial charge in [0.15, 0.2) is 0 Å². The molecule has 7 heteroatoms. The van der Waals surface area contributed by atoms with Crippen LogP contribution in [0.3, 0.4) is 0 Å². The fourth-order valence-electron chi connectivity index (χ4n) is 2.64. The number of carbonyl (C=O) groups excluding carboxylic acids is 1. The molecule has 2 aromatic heterocycles. The molecule has 2 heterocycles. The SMILES string of the molecule is CCCn1cnc2sc(C(=O)NCc3ccc(Cl)cc3)c(C)c2c1=O. The summed E-state index contributed by atoms with van der Waals surface area (Å²) in [6.45, 7) is 4.83. The van der Waals surface area contributed by atoms with Crippen LogP contribution in [0, 0.1) is 6.92 Å². The van der Waals surface area contributed by atoms with E-state index in [9.17, 15) is 9.59 Å². The Labute approximate surface area is 154 Å². The number of rotatable bonds is 5. The first-order chi connectivity index (χ1) is 12.0. The third-order valence-corrected chi connectivity index (χ3v) is 5.40. The first-order valence-corrected chi connectivity index (χ1v) is 9.22. The Kier molecular flexibility index (Phi) is 5.20. The Morgan fingerprint density at radius 3 is 2.72 bits per heavy atom. The molecule has 25 heavy (non-hydrogen) atoms. The molecule has 1 N–H and O–H groups in total. The van der Waals surface area contributed by atoms with Gasteiger partial charge in [0, 0.05) is 18.1 Å². The normalized spacial score (nSPS) is 11.0. The fraction of sp³-hybridized carbons (Fsp3) is 0.278. The van der Waals surface area contributed by atoms with Gasteiger partial charge in [-0.1, -0.05) is 30.7 Å². The quantitative estimate of drug-likeness (QED) is 0.738. The molecule has 0 saturated carbocycles. The van der Waals surface area contributed by atoms with Crippen LogP contribution in [0.25, 0.3) is 10.2 Å². The first kappa shape index (κ1) is 17.6. The van der Waals surface area contributed by atoms with Gasteiger partial charge in [-0.3, -0.25) is 14.2 Å². The second kappa shape index (κ2) is 7.37. The van der Waals surface area contributed by atoms with Crippen LogP contribution in [0.2, 0.25) is 5.02 Å². The van der Waals surface area contributed by atoms with Crippen molar-refractivity contribution in [1.82, 2.24) is 14.9 Å². The number of fused-ring (bicyclic) bond motifs is 1. The van der Waals surface area contributed by atoms with E-state index in [-0.39, 0.29) is 11.5 Å². The van der Waals surface area contributed by atoms with Crippen molar-refractivity contribution in [3.05, 3.63) is 62.0 Å². The van der Waals surface area contributed by atoms with Crippen LogP contribution in [0.15, 0.2) is 35.4 Å². The van der Waals surface area contributed by atoms with Gasteiger partial charge >= 0.3 is 0 Å². The van der Waals surface area contributed by atoms with Crippen LogP contribution in [0.4, 0.5) is 0 Å². The molecule has 0 saturated heterocycles. The van der Waals surface area contributed by atoms with Gasteiger partial charge in [0.1, 0.15) is 4.83 Å². The van der Waals surface area contributed by atoms with Gasteiger partial charge in [-0.25, -0.2) is 4.98 Å². The molecule has 0 spiro atoms. The highest BCUT2D eigenvalue weighted by molar-refractivity contribution is 7.20. The van der Waals surface area contributed by atoms with Crippen LogP contribution in [-0.2, 0) is 13.1 Å². The number of benzene rings is 1. The topological polar surface area (TPSA) is 64.0 Å². The minimum Gasteiger partial charge on any atom is -0.347 e. The number of nitrogens with zero attached hydrogens (tertiary/aromatic N) is 2. The van der Waals surface area contributed by atoms with Gasteiger partial charge in [0.05, 0.1) is 16.6 Å². The van der Waals surface area contributed by atoms with Crippen molar-refractivity contribution < 1.29 is 4.79 Å². The number of carbonyl (C=O) groups is 1. The van der Waals surface area contributed by atoms with Gasteiger partial charge in [-0.15, -0.1) is 11.3 Å². The molecule has 1 amide bonds. The van der Waals surface area contributed by atoms with E-state index in [1.807, 2.05) is 19.1 Å². The van der Waals surface area contributed by atoms with Crippen molar-refractivity contribution in [3.8, 4) is 0 Å². The van der Waals surface area contributed by atoms with E-state index in [0.717, 1.165) is 12.0 Å². The van der Waals surface area contributed by atoms with E-state index in [1.54, 1.807) is 30.0 Å². The van der Waals surface area contributed by atoms with E-state index in [0.29, 0.717) is 38.8 Å². The van der Waals surface area contributed by atoms with Gasteiger partial charge in [0.25, 0.3) is 11.5 Å². The summed E-state index contributed by atoms with van der Waals surface area (Å²) in [5.74, 6) is -0.197. The standard InChI is InChI=1S/C18H18ClN3O2S/c1-3-8-22-10-21-17-14(18(22)24)11(2)15(25-17)16(23)20-9-12-4-6-13(19)7-5-12/h4-7,10H,3,8-9H2,1-2H3,(H,20,23). The zero-order chi connectivity index (χ0) is 18.0. The Balaban J connectivity index is 1.86. The molecule has 1 aromatic carbocycles. The molecule has 0 fully saturated rings. The summed E-state index contributed by atoms with van der Waals surface area (Å²) in [4.78, 5) is 30.6. The lowest BCUT2D eigenvalue weighted by Crippen LogP contribution is -2.23. The summed E-state index contributed by atoms with van der Waals surface area (Å²) in [5, 5.41) is 4.08. The van der Waals surface area contributed by atoms with Crippen LogP contribution < -0.4 is 10.9 Å². The Bertz CT molecular complexity index is 976. The molecule has 0 unspecified atom stereocenters. The monoisotopic (exact) mass is 375 g/mol. The number of halogens is 1. The molecule has 5 nitrogen and oxygen atoms in total. The minimum absolute atomic E-state index is 0.0858. The molecule has 3 rings (SSSR count). The van der Waals surface area contributed by atoms with Crippen molar-refractivity contribution in [1.29, 1.82) is 0 Å². The van der Waals surface area contributed by atoms with Crippen molar-refractivity contribution >= 4 is 39.1 Å². The summed E-state index contributed by atoms with van der Waals surface area (Å²) in [5.41, 5.74) is 1.56. The van der Waals surface area contributed by atoms with E-state index < -0.39 is 0 Å². The van der Waals surface area contributed by atoms with Crippen molar-refractivity contribution in [2.75, 3.05) is 0 Å². The van der Waals surface area contributed by atoms with Crippen molar-refractivity contribution in [3.63, 3.8) is 0 Å². The number of amides is 1. The zero-order valence-corrected chi connectivity index (χ0v) is 15.6. The smallest absolute Gasteiger partial charge is 0.262 e. The molecule has 0 radical (unpaired) electrons. The molecule has 0 aliphatic carbocycles. The van der Waals surface area contributed by atoms with Gasteiger partial charge in [-0.2, -0.15) is 0 Å². The highest BCUT2D eigenvalue weighted by atomic mass is 35.5. The number of thiophene rings is 1. The Hall–Kier alpha value is -2.18. The average Bonchev–Trinajstić information content (AvgIpc) is 2.94. The predicted molar refractivity (Wildman–Crippen MR) is 102 cm³/mol. The second-order valence-corrected chi connectivity index (χ2v) is 7.22. The largest absolute Gasteiger partial charge is 0.347 e. The highest BCUT2D eigenvalue weighted by Crippen LogP contribution is 2.26. The van der Waals surface area contributed by atoms with E-state index in [2.05, 4.69) is 10.3 Å².